The minimum Gasteiger partial charge on any atom is -0.320 e. The first-order valence-corrected chi connectivity index (χ1v) is 8.97. The lowest BCUT2D eigenvalue weighted by molar-refractivity contribution is 0.217. The summed E-state index contributed by atoms with van der Waals surface area (Å²) in [5.74, 6) is 0.865. The average molecular weight is 353 g/mol. The fraction of sp³-hybridized carbons (Fsp3) is 0.421. The maximum absolute atomic E-state index is 12.5. The second kappa shape index (κ2) is 6.57. The lowest BCUT2D eigenvalue weighted by atomic mass is 10.1. The first kappa shape index (κ1) is 16.8. The highest BCUT2D eigenvalue weighted by Crippen LogP contribution is 2.18. The molecule has 26 heavy (non-hydrogen) atoms. The number of hydrogen-bond acceptors (Lipinski definition) is 4. The summed E-state index contributed by atoms with van der Waals surface area (Å²) in [4.78, 5) is 31.6. The van der Waals surface area contributed by atoms with Gasteiger partial charge in [0.1, 0.15) is 5.82 Å². The van der Waals surface area contributed by atoms with Crippen molar-refractivity contribution in [1.82, 2.24) is 23.6 Å². The quantitative estimate of drug-likeness (QED) is 0.699. The van der Waals surface area contributed by atoms with E-state index in [0.717, 1.165) is 42.9 Å². The summed E-state index contributed by atoms with van der Waals surface area (Å²) in [6.07, 6.45) is 2.15. The molecule has 1 aromatic carbocycles. The molecule has 0 aliphatic carbocycles. The van der Waals surface area contributed by atoms with E-state index in [1.807, 2.05) is 10.6 Å². The van der Waals surface area contributed by atoms with E-state index < -0.39 is 0 Å². The molecule has 0 saturated carbocycles. The number of hydrogen-bond donors (Lipinski definition) is 0. The summed E-state index contributed by atoms with van der Waals surface area (Å²) >= 11 is 0. The molecule has 1 aliphatic heterocycles. The van der Waals surface area contributed by atoms with Crippen molar-refractivity contribution in [2.24, 2.45) is 14.1 Å². The zero-order valence-electron chi connectivity index (χ0n) is 15.2. The van der Waals surface area contributed by atoms with Gasteiger partial charge in [-0.2, -0.15) is 0 Å². The van der Waals surface area contributed by atoms with Gasteiger partial charge >= 0.3 is 5.69 Å². The largest absolute Gasteiger partial charge is 0.332 e. The zero-order chi connectivity index (χ0) is 18.3. The molecule has 0 radical (unpaired) electrons. The van der Waals surface area contributed by atoms with E-state index >= 15 is 0 Å². The minimum absolute atomic E-state index is 0.264. The first-order chi connectivity index (χ1) is 12.6. The Balaban J connectivity index is 1.54. The van der Waals surface area contributed by atoms with Gasteiger partial charge in [0.05, 0.1) is 6.54 Å². The lowest BCUT2D eigenvalue weighted by Crippen LogP contribution is -2.39. The number of imidazole rings is 1. The number of aromatic nitrogens is 4. The highest BCUT2D eigenvalue weighted by Gasteiger charge is 2.23. The molecule has 4 rings (SSSR count). The first-order valence-electron chi connectivity index (χ1n) is 8.97. The second-order valence-corrected chi connectivity index (χ2v) is 6.92. The van der Waals surface area contributed by atoms with Crippen LogP contribution in [0.15, 0.2) is 39.9 Å². The molecule has 136 valence electrons. The normalized spacial score (nSPS) is 14.7. The van der Waals surface area contributed by atoms with Gasteiger partial charge in [-0.3, -0.25) is 18.8 Å². The Morgan fingerprint density at radius 1 is 1.04 bits per heavy atom. The Bertz CT molecular complexity index is 1060. The predicted octanol–water partition coefficient (Wildman–Crippen LogP) is 0.882. The third-order valence-corrected chi connectivity index (χ3v) is 5.21. The van der Waals surface area contributed by atoms with E-state index in [9.17, 15) is 9.59 Å². The van der Waals surface area contributed by atoms with Crippen molar-refractivity contribution >= 4 is 11.2 Å². The Labute approximate surface area is 151 Å². The topological polar surface area (TPSA) is 65.1 Å². The summed E-state index contributed by atoms with van der Waals surface area (Å²) in [6.45, 7) is 3.32. The van der Waals surface area contributed by atoms with E-state index in [4.69, 9.17) is 0 Å². The van der Waals surface area contributed by atoms with Crippen molar-refractivity contribution in [2.45, 2.75) is 25.9 Å². The fourth-order valence-corrected chi connectivity index (χ4v) is 3.72. The van der Waals surface area contributed by atoms with E-state index in [1.165, 1.54) is 17.2 Å². The fourth-order valence-electron chi connectivity index (χ4n) is 3.72. The predicted molar refractivity (Wildman–Crippen MR) is 100 cm³/mol. The summed E-state index contributed by atoms with van der Waals surface area (Å²) in [5.41, 5.74) is 1.78. The van der Waals surface area contributed by atoms with E-state index in [2.05, 4.69) is 34.1 Å². The van der Waals surface area contributed by atoms with Crippen molar-refractivity contribution in [3.63, 3.8) is 0 Å². The third kappa shape index (κ3) is 2.78. The van der Waals surface area contributed by atoms with Crippen molar-refractivity contribution in [3.8, 4) is 0 Å². The molecule has 0 N–H and O–H groups in total. The van der Waals surface area contributed by atoms with Crippen LogP contribution in [0.1, 0.15) is 17.8 Å². The molecule has 0 atom stereocenters. The van der Waals surface area contributed by atoms with Crippen molar-refractivity contribution < 1.29 is 0 Å². The van der Waals surface area contributed by atoms with Crippen LogP contribution in [0, 0.1) is 0 Å². The Morgan fingerprint density at radius 2 is 1.81 bits per heavy atom. The molecule has 0 fully saturated rings. The maximum Gasteiger partial charge on any atom is 0.332 e. The summed E-state index contributed by atoms with van der Waals surface area (Å²) in [6, 6.07) is 10.5. The summed E-state index contributed by atoms with van der Waals surface area (Å²) in [5, 5.41) is 0. The number of aryl methyl sites for hydroxylation is 2. The van der Waals surface area contributed by atoms with Crippen molar-refractivity contribution in [1.29, 1.82) is 0 Å². The smallest absolute Gasteiger partial charge is 0.320 e. The van der Waals surface area contributed by atoms with Crippen LogP contribution in [0.25, 0.3) is 11.2 Å². The van der Waals surface area contributed by atoms with Gasteiger partial charge in [-0.15, -0.1) is 0 Å². The highest BCUT2D eigenvalue weighted by molar-refractivity contribution is 5.71. The Morgan fingerprint density at radius 3 is 2.58 bits per heavy atom. The van der Waals surface area contributed by atoms with Crippen LogP contribution in [0.3, 0.4) is 0 Å². The van der Waals surface area contributed by atoms with Crippen molar-refractivity contribution in [2.75, 3.05) is 13.1 Å². The molecular formula is C19H23N5O2. The van der Waals surface area contributed by atoms with Crippen LogP contribution in [0.4, 0.5) is 0 Å². The molecule has 0 unspecified atom stereocenters. The number of rotatable bonds is 4. The molecule has 7 heteroatoms. The van der Waals surface area contributed by atoms with Gasteiger partial charge in [-0.05, 0) is 24.9 Å². The molecule has 1 aliphatic rings. The third-order valence-electron chi connectivity index (χ3n) is 5.21. The van der Waals surface area contributed by atoms with E-state index in [-0.39, 0.29) is 11.2 Å². The molecule has 3 aromatic rings. The van der Waals surface area contributed by atoms with Gasteiger partial charge in [-0.25, -0.2) is 9.78 Å². The zero-order valence-corrected chi connectivity index (χ0v) is 15.2. The molecule has 0 amide bonds. The Hall–Kier alpha value is -2.67. The van der Waals surface area contributed by atoms with Gasteiger partial charge in [0, 0.05) is 27.2 Å². The highest BCUT2D eigenvalue weighted by atomic mass is 16.2. The van der Waals surface area contributed by atoms with Crippen LogP contribution in [0.2, 0.25) is 0 Å². The minimum atomic E-state index is -0.335. The monoisotopic (exact) mass is 353 g/mol. The molecule has 0 spiro atoms. The van der Waals surface area contributed by atoms with Gasteiger partial charge < -0.3 is 4.57 Å². The maximum atomic E-state index is 12.5. The lowest BCUT2D eigenvalue weighted by Gasteiger charge is -2.27. The molecular weight excluding hydrogens is 330 g/mol. The molecule has 0 bridgehead atoms. The van der Waals surface area contributed by atoms with Crippen LogP contribution in [0.5, 0.6) is 0 Å². The second-order valence-electron chi connectivity index (χ2n) is 6.92. The SMILES string of the molecule is Cn1c(=O)c2c(nc3n2CCN(CCCc2ccccc2)C3)n(C)c1=O. The van der Waals surface area contributed by atoms with Crippen molar-refractivity contribution in [3.05, 3.63) is 62.6 Å². The molecule has 2 aromatic heterocycles. The summed E-state index contributed by atoms with van der Waals surface area (Å²) in [7, 11) is 3.18. The standard InChI is InChI=1S/C19H23N5O2/c1-21-17-16(18(25)22(2)19(21)26)24-12-11-23(13-15(24)20-17)10-6-9-14-7-4-3-5-8-14/h3-5,7-8H,6,9-13H2,1-2H3. The number of fused-ring (bicyclic) bond motifs is 3. The van der Waals surface area contributed by atoms with Gasteiger partial charge in [0.2, 0.25) is 0 Å². The molecule has 7 nitrogen and oxygen atoms in total. The number of benzene rings is 1. The van der Waals surface area contributed by atoms with E-state index in [1.54, 1.807) is 7.05 Å². The van der Waals surface area contributed by atoms with Crippen LogP contribution in [-0.2, 0) is 33.6 Å². The van der Waals surface area contributed by atoms with Gasteiger partial charge in [0.15, 0.2) is 11.2 Å². The van der Waals surface area contributed by atoms with Crippen LogP contribution < -0.4 is 11.2 Å². The number of nitrogens with zero attached hydrogens (tertiary/aromatic N) is 5. The van der Waals surface area contributed by atoms with Crippen LogP contribution in [-0.4, -0.2) is 36.7 Å². The van der Waals surface area contributed by atoms with E-state index in [0.29, 0.717) is 17.7 Å². The van der Waals surface area contributed by atoms with Gasteiger partial charge in [-0.1, -0.05) is 30.3 Å². The summed E-state index contributed by atoms with van der Waals surface area (Å²) < 4.78 is 4.59. The average Bonchev–Trinajstić information content (AvgIpc) is 3.04. The molecule has 0 saturated heterocycles. The Kier molecular flexibility index (Phi) is 4.24. The van der Waals surface area contributed by atoms with Gasteiger partial charge in [0.25, 0.3) is 5.56 Å². The molecule has 3 heterocycles. The van der Waals surface area contributed by atoms with Crippen LogP contribution >= 0.6 is 0 Å².